The van der Waals surface area contributed by atoms with Gasteiger partial charge in [-0.3, -0.25) is 4.79 Å². The monoisotopic (exact) mass is 416 g/mol. The van der Waals surface area contributed by atoms with Gasteiger partial charge in [0.15, 0.2) is 0 Å². The van der Waals surface area contributed by atoms with Gasteiger partial charge in [-0.25, -0.2) is 9.97 Å². The molecular formula is C21H25ClN4OS. The van der Waals surface area contributed by atoms with Gasteiger partial charge in [-0.15, -0.1) is 11.8 Å². The second-order valence-corrected chi connectivity index (χ2v) is 8.89. The number of anilines is 1. The standard InChI is InChI=1S/C21H25ClN4OS/c22-19-9-8-15(13-24-19)20(27)25-17-6-3-10-23-21(17)28-14-16-5-4-12-26-11-2-1-7-18(16)26/h3,6,8-10,13,16,18H,1-2,4-5,7,11-12,14H2,(H,25,27)/t16-,18+/m0/s1. The number of aromatic nitrogens is 2. The maximum absolute atomic E-state index is 12.5. The molecule has 0 aliphatic carbocycles. The van der Waals surface area contributed by atoms with E-state index in [-0.39, 0.29) is 5.91 Å². The molecule has 0 bridgehead atoms. The van der Waals surface area contributed by atoms with Crippen molar-refractivity contribution in [1.29, 1.82) is 0 Å². The van der Waals surface area contributed by atoms with Crippen LogP contribution < -0.4 is 5.32 Å². The Morgan fingerprint density at radius 1 is 1.18 bits per heavy atom. The maximum Gasteiger partial charge on any atom is 0.257 e. The van der Waals surface area contributed by atoms with Crippen molar-refractivity contribution in [3.63, 3.8) is 0 Å². The second-order valence-electron chi connectivity index (χ2n) is 7.49. The Balaban J connectivity index is 1.41. The molecule has 2 fully saturated rings. The number of halogens is 1. The normalized spacial score (nSPS) is 22.5. The Morgan fingerprint density at radius 2 is 2.07 bits per heavy atom. The Bertz CT molecular complexity index is 814. The Hall–Kier alpha value is -1.63. The van der Waals surface area contributed by atoms with Crippen LogP contribution in [0, 0.1) is 5.92 Å². The molecule has 7 heteroatoms. The molecule has 2 aliphatic heterocycles. The van der Waals surface area contributed by atoms with Gasteiger partial charge in [0, 0.05) is 24.2 Å². The lowest BCUT2D eigenvalue weighted by atomic mass is 9.85. The van der Waals surface area contributed by atoms with Crippen molar-refractivity contribution in [1.82, 2.24) is 14.9 Å². The van der Waals surface area contributed by atoms with Crippen LogP contribution in [0.15, 0.2) is 41.7 Å². The van der Waals surface area contributed by atoms with E-state index in [2.05, 4.69) is 20.2 Å². The van der Waals surface area contributed by atoms with Crippen LogP contribution in [0.2, 0.25) is 5.15 Å². The number of hydrogen-bond acceptors (Lipinski definition) is 5. The third-order valence-corrected chi connectivity index (χ3v) is 7.09. The van der Waals surface area contributed by atoms with Gasteiger partial charge in [0.2, 0.25) is 0 Å². The fourth-order valence-corrected chi connectivity index (χ4v) is 5.55. The van der Waals surface area contributed by atoms with Crippen LogP contribution in [0.1, 0.15) is 42.5 Å². The zero-order valence-electron chi connectivity index (χ0n) is 15.8. The summed E-state index contributed by atoms with van der Waals surface area (Å²) in [7, 11) is 0. The molecule has 2 atom stereocenters. The first kappa shape index (κ1) is 19.7. The van der Waals surface area contributed by atoms with Gasteiger partial charge >= 0.3 is 0 Å². The molecule has 148 valence electrons. The van der Waals surface area contributed by atoms with Crippen LogP contribution in [0.25, 0.3) is 0 Å². The zero-order valence-corrected chi connectivity index (χ0v) is 17.4. The molecule has 0 saturated carbocycles. The van der Waals surface area contributed by atoms with Crippen LogP contribution in [0.4, 0.5) is 5.69 Å². The highest BCUT2D eigenvalue weighted by atomic mass is 35.5. The van der Waals surface area contributed by atoms with E-state index in [1.807, 2.05) is 12.1 Å². The topological polar surface area (TPSA) is 58.1 Å². The van der Waals surface area contributed by atoms with Crippen molar-refractivity contribution in [3.05, 3.63) is 47.4 Å². The first-order valence-electron chi connectivity index (χ1n) is 9.95. The molecule has 2 saturated heterocycles. The molecule has 4 rings (SSSR count). The second kappa shape index (κ2) is 9.25. The number of pyridine rings is 2. The Morgan fingerprint density at radius 3 is 2.93 bits per heavy atom. The van der Waals surface area contributed by atoms with E-state index in [0.717, 1.165) is 22.5 Å². The zero-order chi connectivity index (χ0) is 19.3. The predicted molar refractivity (Wildman–Crippen MR) is 114 cm³/mol. The quantitative estimate of drug-likeness (QED) is 0.563. The van der Waals surface area contributed by atoms with Gasteiger partial charge in [0.05, 0.1) is 11.3 Å². The first-order valence-corrected chi connectivity index (χ1v) is 11.3. The summed E-state index contributed by atoms with van der Waals surface area (Å²) in [6.45, 7) is 2.51. The first-order chi connectivity index (χ1) is 13.7. The van der Waals surface area contributed by atoms with Crippen LogP contribution >= 0.6 is 23.4 Å². The van der Waals surface area contributed by atoms with Gasteiger partial charge in [-0.05, 0) is 69.0 Å². The molecule has 0 radical (unpaired) electrons. The molecule has 4 heterocycles. The minimum absolute atomic E-state index is 0.199. The molecule has 0 spiro atoms. The minimum atomic E-state index is -0.199. The molecule has 0 aromatic carbocycles. The fraction of sp³-hybridized carbons (Fsp3) is 0.476. The number of rotatable bonds is 5. The number of carbonyl (C=O) groups is 1. The number of amides is 1. The van der Waals surface area contributed by atoms with Gasteiger partial charge in [0.1, 0.15) is 10.2 Å². The summed E-state index contributed by atoms with van der Waals surface area (Å²) in [5.74, 6) is 1.55. The highest BCUT2D eigenvalue weighted by molar-refractivity contribution is 7.99. The van der Waals surface area contributed by atoms with E-state index in [4.69, 9.17) is 11.6 Å². The highest BCUT2D eigenvalue weighted by Gasteiger charge is 2.33. The number of hydrogen-bond donors (Lipinski definition) is 1. The van der Waals surface area contributed by atoms with Crippen molar-refractivity contribution < 1.29 is 4.79 Å². The van der Waals surface area contributed by atoms with E-state index in [1.54, 1.807) is 30.1 Å². The van der Waals surface area contributed by atoms with E-state index in [9.17, 15) is 4.79 Å². The van der Waals surface area contributed by atoms with Gasteiger partial charge in [-0.2, -0.15) is 0 Å². The average molecular weight is 417 g/mol. The summed E-state index contributed by atoms with van der Waals surface area (Å²) < 4.78 is 0. The lowest BCUT2D eigenvalue weighted by Crippen LogP contribution is -2.48. The van der Waals surface area contributed by atoms with Crippen LogP contribution in [-0.4, -0.2) is 45.7 Å². The predicted octanol–water partition coefficient (Wildman–Crippen LogP) is 4.74. The number of carbonyl (C=O) groups excluding carboxylic acids is 1. The van der Waals surface area contributed by atoms with Crippen molar-refractivity contribution in [3.8, 4) is 0 Å². The third kappa shape index (κ3) is 4.67. The smallest absolute Gasteiger partial charge is 0.257 e. The Kier molecular flexibility index (Phi) is 6.50. The van der Waals surface area contributed by atoms with Crippen molar-refractivity contribution >= 4 is 35.0 Å². The van der Waals surface area contributed by atoms with E-state index in [0.29, 0.717) is 16.6 Å². The van der Waals surface area contributed by atoms with Crippen molar-refractivity contribution in [2.45, 2.75) is 43.2 Å². The summed E-state index contributed by atoms with van der Waals surface area (Å²) in [5, 5.41) is 4.23. The van der Waals surface area contributed by atoms with Crippen molar-refractivity contribution in [2.75, 3.05) is 24.2 Å². The average Bonchev–Trinajstić information content (AvgIpc) is 2.73. The summed E-state index contributed by atoms with van der Waals surface area (Å²) >= 11 is 7.57. The molecule has 2 aromatic rings. The van der Waals surface area contributed by atoms with Crippen LogP contribution in [-0.2, 0) is 0 Å². The van der Waals surface area contributed by atoms with Gasteiger partial charge < -0.3 is 10.2 Å². The molecular weight excluding hydrogens is 392 g/mol. The van der Waals surface area contributed by atoms with E-state index in [1.165, 1.54) is 51.4 Å². The summed E-state index contributed by atoms with van der Waals surface area (Å²) in [4.78, 5) is 23.7. The third-order valence-electron chi connectivity index (χ3n) is 5.67. The minimum Gasteiger partial charge on any atom is -0.320 e. The largest absolute Gasteiger partial charge is 0.320 e. The van der Waals surface area contributed by atoms with E-state index >= 15 is 0 Å². The summed E-state index contributed by atoms with van der Waals surface area (Å²) in [6.07, 6.45) is 9.86. The lowest BCUT2D eigenvalue weighted by Gasteiger charge is -2.44. The summed E-state index contributed by atoms with van der Waals surface area (Å²) in [6, 6.07) is 7.77. The molecule has 2 aliphatic rings. The molecule has 2 aromatic heterocycles. The number of piperidine rings is 2. The van der Waals surface area contributed by atoms with Crippen LogP contribution in [0.5, 0.6) is 0 Å². The highest BCUT2D eigenvalue weighted by Crippen LogP contribution is 2.35. The van der Waals surface area contributed by atoms with Crippen LogP contribution in [0.3, 0.4) is 0 Å². The van der Waals surface area contributed by atoms with Crippen molar-refractivity contribution in [2.24, 2.45) is 5.92 Å². The number of nitrogens with one attached hydrogen (secondary N) is 1. The summed E-state index contributed by atoms with van der Waals surface area (Å²) in [5.41, 5.74) is 1.23. The van der Waals surface area contributed by atoms with E-state index < -0.39 is 0 Å². The fourth-order valence-electron chi connectivity index (χ4n) is 4.26. The molecule has 5 nitrogen and oxygen atoms in total. The lowest BCUT2D eigenvalue weighted by molar-refractivity contribution is 0.0693. The number of thioether (sulfide) groups is 1. The number of nitrogens with zero attached hydrogens (tertiary/aromatic N) is 3. The maximum atomic E-state index is 12.5. The van der Waals surface area contributed by atoms with Gasteiger partial charge in [0.25, 0.3) is 5.91 Å². The Labute approximate surface area is 175 Å². The molecule has 28 heavy (non-hydrogen) atoms. The molecule has 1 N–H and O–H groups in total. The number of fused-ring (bicyclic) bond motifs is 1. The van der Waals surface area contributed by atoms with Gasteiger partial charge in [-0.1, -0.05) is 18.0 Å². The molecule has 1 amide bonds. The molecule has 0 unspecified atom stereocenters. The SMILES string of the molecule is O=C(Nc1cccnc1SC[C@@H]1CCCN2CCCC[C@H]12)c1ccc(Cl)nc1.